The van der Waals surface area contributed by atoms with E-state index in [1.165, 1.54) is 0 Å². The van der Waals surface area contributed by atoms with E-state index in [0.717, 1.165) is 18.4 Å². The molecule has 1 N–H and O–H groups in total. The van der Waals surface area contributed by atoms with Crippen LogP contribution < -0.4 is 0 Å². The molecule has 7 atom stereocenters. The molecule has 1 aromatic carbocycles. The van der Waals surface area contributed by atoms with Crippen molar-refractivity contribution in [3.05, 3.63) is 61.2 Å². The fourth-order valence-corrected chi connectivity index (χ4v) is 8.70. The molecule has 206 valence electrons. The van der Waals surface area contributed by atoms with E-state index in [2.05, 4.69) is 13.2 Å². The van der Waals surface area contributed by atoms with Gasteiger partial charge in [-0.1, -0.05) is 62.8 Å². The summed E-state index contributed by atoms with van der Waals surface area (Å²) in [5.41, 5.74) is 0.986. The first kappa shape index (κ1) is 28.4. The first-order chi connectivity index (χ1) is 18.3. The zero-order chi connectivity index (χ0) is 27.4. The second kappa shape index (κ2) is 12.1. The Morgan fingerprint density at radius 3 is 2.66 bits per heavy atom. The zero-order valence-corrected chi connectivity index (χ0v) is 23.3. The van der Waals surface area contributed by atoms with Crippen LogP contribution >= 0.6 is 11.8 Å². The Labute approximate surface area is 230 Å². The van der Waals surface area contributed by atoms with Crippen molar-refractivity contribution in [2.75, 3.05) is 19.8 Å². The number of ether oxygens (including phenoxy) is 1. The highest BCUT2D eigenvalue weighted by atomic mass is 32.2. The van der Waals surface area contributed by atoms with Gasteiger partial charge in [-0.25, -0.2) is 0 Å². The number of likely N-dealkylation sites (tertiary alicyclic amines) is 1. The molecular formula is C30H40N2O5S. The lowest BCUT2D eigenvalue weighted by molar-refractivity contribution is -0.154. The van der Waals surface area contributed by atoms with Gasteiger partial charge < -0.3 is 19.6 Å². The Kier molecular flexibility index (Phi) is 9.04. The van der Waals surface area contributed by atoms with Gasteiger partial charge in [0.15, 0.2) is 0 Å². The lowest BCUT2D eigenvalue weighted by Crippen LogP contribution is -2.58. The second-order valence-electron chi connectivity index (χ2n) is 10.7. The minimum Gasteiger partial charge on any atom is -0.465 e. The minimum atomic E-state index is -0.768. The van der Waals surface area contributed by atoms with Crippen LogP contribution in [0.1, 0.15) is 45.1 Å². The van der Waals surface area contributed by atoms with Crippen LogP contribution in [-0.2, 0) is 25.7 Å². The molecule has 3 saturated heterocycles. The van der Waals surface area contributed by atoms with Crippen LogP contribution in [0, 0.1) is 17.8 Å². The number of aliphatic hydroxyl groups is 1. The Morgan fingerprint density at radius 1 is 1.29 bits per heavy atom. The maximum atomic E-state index is 14.5. The van der Waals surface area contributed by atoms with Crippen LogP contribution in [0.2, 0.25) is 0 Å². The highest BCUT2D eigenvalue weighted by molar-refractivity contribution is 8.02. The van der Waals surface area contributed by atoms with E-state index in [4.69, 9.17) is 4.74 Å². The van der Waals surface area contributed by atoms with Crippen molar-refractivity contribution in [1.82, 2.24) is 9.80 Å². The summed E-state index contributed by atoms with van der Waals surface area (Å²) in [6.07, 6.45) is 6.11. The smallest absolute Gasteiger partial charge is 0.310 e. The molecule has 7 nitrogen and oxygen atoms in total. The molecule has 0 aromatic heterocycles. The number of carbonyl (C=O) groups is 3. The van der Waals surface area contributed by atoms with Gasteiger partial charge in [-0.05, 0) is 30.7 Å². The lowest BCUT2D eigenvalue weighted by atomic mass is 9.71. The van der Waals surface area contributed by atoms with Gasteiger partial charge in [-0.3, -0.25) is 14.4 Å². The standard InChI is InChI=1S/C30H40N2O5S/c1-5-8-17-37-29(36)24-23-14-15-30(38-23)25(24)27(34)32(22(19-33)20(4)7-3)26(30)28(35)31(16-6-2)18-21-12-10-9-11-13-21/h5-6,9-13,20,22-26,33H,1-2,7-8,14-19H2,3-4H3/t20-,22-,23+,24-,25-,26?,30?/m0/s1. The molecule has 3 fully saturated rings. The van der Waals surface area contributed by atoms with Crippen molar-refractivity contribution >= 4 is 29.5 Å². The van der Waals surface area contributed by atoms with Gasteiger partial charge in [0.2, 0.25) is 11.8 Å². The first-order valence-corrected chi connectivity index (χ1v) is 14.5. The minimum absolute atomic E-state index is 0.0170. The second-order valence-corrected chi connectivity index (χ2v) is 12.3. The third-order valence-corrected chi connectivity index (χ3v) is 10.5. The average molecular weight is 541 g/mol. The predicted molar refractivity (Wildman–Crippen MR) is 149 cm³/mol. The molecule has 3 aliphatic rings. The summed E-state index contributed by atoms with van der Waals surface area (Å²) >= 11 is 1.62. The van der Waals surface area contributed by atoms with Crippen molar-refractivity contribution in [1.29, 1.82) is 0 Å². The summed E-state index contributed by atoms with van der Waals surface area (Å²) in [5.74, 6) is -1.98. The Balaban J connectivity index is 1.75. The quantitative estimate of drug-likeness (QED) is 0.233. The van der Waals surface area contributed by atoms with Gasteiger partial charge in [0.25, 0.3) is 0 Å². The average Bonchev–Trinajstić information content (AvgIpc) is 3.57. The zero-order valence-electron chi connectivity index (χ0n) is 22.5. The summed E-state index contributed by atoms with van der Waals surface area (Å²) in [6.45, 7) is 12.3. The molecule has 1 spiro atoms. The first-order valence-electron chi connectivity index (χ1n) is 13.7. The van der Waals surface area contributed by atoms with Crippen LogP contribution in [0.3, 0.4) is 0 Å². The molecule has 2 amide bonds. The van der Waals surface area contributed by atoms with E-state index in [0.29, 0.717) is 25.9 Å². The number of amides is 2. The number of aliphatic hydroxyl groups excluding tert-OH is 1. The molecular weight excluding hydrogens is 500 g/mol. The SMILES string of the molecule is C=CCCOC(=O)[C@@H]1[C@H]2C(=O)N([C@@H](CO)[C@@H](C)CC)C(C(=O)N(CC=C)Cc3ccccc3)C23CC[C@H]1S3. The largest absolute Gasteiger partial charge is 0.465 e. The fraction of sp³-hybridized carbons (Fsp3) is 0.567. The normalized spacial score (nSPS) is 29.0. The van der Waals surface area contributed by atoms with E-state index in [9.17, 15) is 19.5 Å². The molecule has 2 bridgehead atoms. The highest BCUT2D eigenvalue weighted by Gasteiger charge is 2.75. The molecule has 0 saturated carbocycles. The van der Waals surface area contributed by atoms with Crippen LogP contribution in [0.25, 0.3) is 0 Å². The van der Waals surface area contributed by atoms with E-state index >= 15 is 0 Å². The number of nitrogens with zero attached hydrogens (tertiary/aromatic N) is 2. The number of thioether (sulfide) groups is 1. The maximum Gasteiger partial charge on any atom is 0.310 e. The molecule has 3 aliphatic heterocycles. The monoisotopic (exact) mass is 540 g/mol. The van der Waals surface area contributed by atoms with E-state index in [-0.39, 0.29) is 42.2 Å². The van der Waals surface area contributed by atoms with Crippen LogP contribution in [0.15, 0.2) is 55.6 Å². The number of rotatable bonds is 13. The van der Waals surface area contributed by atoms with Gasteiger partial charge in [0, 0.05) is 18.3 Å². The number of carbonyl (C=O) groups excluding carboxylic acids is 3. The van der Waals surface area contributed by atoms with Crippen molar-refractivity contribution in [2.24, 2.45) is 17.8 Å². The molecule has 38 heavy (non-hydrogen) atoms. The van der Waals surface area contributed by atoms with Crippen LogP contribution in [0.4, 0.5) is 0 Å². The van der Waals surface area contributed by atoms with Crippen molar-refractivity contribution in [2.45, 2.75) is 68.2 Å². The van der Waals surface area contributed by atoms with Crippen molar-refractivity contribution in [3.8, 4) is 0 Å². The fourth-order valence-electron chi connectivity index (χ4n) is 6.51. The van der Waals surface area contributed by atoms with Crippen LogP contribution in [-0.4, -0.2) is 74.5 Å². The van der Waals surface area contributed by atoms with Gasteiger partial charge >= 0.3 is 5.97 Å². The van der Waals surface area contributed by atoms with Crippen molar-refractivity contribution < 1.29 is 24.2 Å². The third-order valence-electron chi connectivity index (χ3n) is 8.53. The Morgan fingerprint density at radius 2 is 2.03 bits per heavy atom. The topological polar surface area (TPSA) is 87.1 Å². The van der Waals surface area contributed by atoms with Gasteiger partial charge in [0.05, 0.1) is 35.8 Å². The Bertz CT molecular complexity index is 1050. The van der Waals surface area contributed by atoms with Crippen LogP contribution in [0.5, 0.6) is 0 Å². The number of benzene rings is 1. The van der Waals surface area contributed by atoms with Gasteiger partial charge in [-0.15, -0.1) is 24.9 Å². The molecule has 8 heteroatoms. The third kappa shape index (κ3) is 4.93. The summed E-state index contributed by atoms with van der Waals surface area (Å²) < 4.78 is 4.85. The van der Waals surface area contributed by atoms with E-state index in [1.54, 1.807) is 33.7 Å². The maximum absolute atomic E-state index is 14.5. The Hall–Kier alpha value is -2.58. The summed E-state index contributed by atoms with van der Waals surface area (Å²) in [4.78, 5) is 45.5. The van der Waals surface area contributed by atoms with Gasteiger partial charge in [-0.2, -0.15) is 0 Å². The van der Waals surface area contributed by atoms with E-state index in [1.807, 2.05) is 44.2 Å². The molecule has 2 unspecified atom stereocenters. The number of esters is 1. The number of hydrogen-bond acceptors (Lipinski definition) is 6. The lowest BCUT2D eigenvalue weighted by Gasteiger charge is -2.41. The summed E-state index contributed by atoms with van der Waals surface area (Å²) in [6, 6.07) is 8.48. The molecule has 3 heterocycles. The molecule has 0 aliphatic carbocycles. The van der Waals surface area contributed by atoms with E-state index < -0.39 is 28.7 Å². The molecule has 4 rings (SSSR count). The van der Waals surface area contributed by atoms with Crippen molar-refractivity contribution in [3.63, 3.8) is 0 Å². The van der Waals surface area contributed by atoms with Gasteiger partial charge in [0.1, 0.15) is 6.04 Å². The number of hydrogen-bond donors (Lipinski definition) is 1. The summed E-state index contributed by atoms with van der Waals surface area (Å²) in [5, 5.41) is 10.4. The number of fused-ring (bicyclic) bond motifs is 1. The predicted octanol–water partition coefficient (Wildman–Crippen LogP) is 3.82. The molecule has 0 radical (unpaired) electrons. The molecule has 1 aromatic rings. The highest BCUT2D eigenvalue weighted by Crippen LogP contribution is 2.67. The summed E-state index contributed by atoms with van der Waals surface area (Å²) in [7, 11) is 0.